The van der Waals surface area contributed by atoms with Gasteiger partial charge in [-0.1, -0.05) is 18.2 Å². The number of hydrogen-bond acceptors (Lipinski definition) is 7. The minimum absolute atomic E-state index is 0.131. The van der Waals surface area contributed by atoms with E-state index < -0.39 is 39.9 Å². The number of halogens is 6. The number of rotatable bonds is 3. The van der Waals surface area contributed by atoms with Gasteiger partial charge in [-0.05, 0) is 37.6 Å². The molecular formula is C24H27F6N3O7S. The molecule has 1 spiro atoms. The number of sulfonamides is 1. The van der Waals surface area contributed by atoms with E-state index in [1.807, 2.05) is 32.2 Å². The summed E-state index contributed by atoms with van der Waals surface area (Å²) >= 11 is 0. The van der Waals surface area contributed by atoms with Gasteiger partial charge in [0, 0.05) is 44.5 Å². The van der Waals surface area contributed by atoms with Crippen LogP contribution in [-0.4, -0.2) is 88.4 Å². The Balaban J connectivity index is 0.000000349. The quantitative estimate of drug-likeness (QED) is 0.494. The van der Waals surface area contributed by atoms with E-state index >= 15 is 0 Å². The van der Waals surface area contributed by atoms with Crippen molar-refractivity contribution in [1.82, 2.24) is 14.2 Å². The van der Waals surface area contributed by atoms with Crippen molar-refractivity contribution in [3.63, 3.8) is 0 Å². The molecule has 41 heavy (non-hydrogen) atoms. The standard InChI is InChI=1S/C20H25N3O3S.2C2HF3O2/c1-16(2)23-15-20(26-18-7-3-4-8-19(18)27(23,24)25)9-11-22(14-20)13-17-6-5-10-21-12-17;2*3-2(4,5)1(6)7/h3-8,10,12,16H,9,11,13-15H2,1-2H3;2*(H,6,7). The SMILES string of the molecule is CC(C)N1CC2(CCN(Cc3cccnc3)C2)Oc2ccccc2S1(=O)=O.O=C(O)C(F)(F)F.O=C(O)C(F)(F)F. The average Bonchev–Trinajstić information content (AvgIpc) is 3.20. The normalized spacial score (nSPS) is 20.5. The van der Waals surface area contributed by atoms with E-state index in [0.29, 0.717) is 18.8 Å². The lowest BCUT2D eigenvalue weighted by molar-refractivity contribution is -0.193. The van der Waals surface area contributed by atoms with Gasteiger partial charge in [0.15, 0.2) is 0 Å². The second-order valence-electron chi connectivity index (χ2n) is 9.30. The van der Waals surface area contributed by atoms with Crippen molar-refractivity contribution in [3.8, 4) is 5.75 Å². The number of fused-ring (bicyclic) bond motifs is 1. The number of aliphatic carboxylic acids is 2. The lowest BCUT2D eigenvalue weighted by Gasteiger charge is -2.33. The van der Waals surface area contributed by atoms with E-state index in [0.717, 1.165) is 25.1 Å². The zero-order valence-electron chi connectivity index (χ0n) is 21.7. The molecule has 10 nitrogen and oxygen atoms in total. The molecule has 0 aliphatic carbocycles. The van der Waals surface area contributed by atoms with Gasteiger partial charge in [-0.2, -0.15) is 30.6 Å². The van der Waals surface area contributed by atoms with Gasteiger partial charge in [0.1, 0.15) is 16.2 Å². The van der Waals surface area contributed by atoms with Crippen molar-refractivity contribution < 1.29 is 59.3 Å². The van der Waals surface area contributed by atoms with Crippen LogP contribution in [0.15, 0.2) is 53.7 Å². The third kappa shape index (κ3) is 9.29. The predicted octanol–water partition coefficient (Wildman–Crippen LogP) is 3.78. The van der Waals surface area contributed by atoms with Crippen LogP contribution in [0, 0.1) is 0 Å². The number of hydrogen-bond donors (Lipinski definition) is 2. The van der Waals surface area contributed by atoms with Crippen molar-refractivity contribution >= 4 is 22.0 Å². The van der Waals surface area contributed by atoms with Gasteiger partial charge in [-0.15, -0.1) is 0 Å². The summed E-state index contributed by atoms with van der Waals surface area (Å²) in [4.78, 5) is 24.6. The Morgan fingerprint density at radius 2 is 1.56 bits per heavy atom. The van der Waals surface area contributed by atoms with Crippen molar-refractivity contribution in [2.45, 2.75) is 55.7 Å². The molecule has 228 valence electrons. The molecule has 0 radical (unpaired) electrons. The number of aromatic nitrogens is 1. The summed E-state index contributed by atoms with van der Waals surface area (Å²) < 4.78 is 97.9. The van der Waals surface area contributed by atoms with Crippen molar-refractivity contribution in [2.75, 3.05) is 19.6 Å². The first-order valence-corrected chi connectivity index (χ1v) is 13.2. The molecule has 2 aromatic rings. The van der Waals surface area contributed by atoms with E-state index in [2.05, 4.69) is 16.0 Å². The topological polar surface area (TPSA) is 137 Å². The molecule has 2 N–H and O–H groups in total. The highest BCUT2D eigenvalue weighted by Crippen LogP contribution is 2.39. The van der Waals surface area contributed by atoms with Crippen LogP contribution in [0.1, 0.15) is 25.8 Å². The summed E-state index contributed by atoms with van der Waals surface area (Å²) in [5.74, 6) is -5.05. The monoisotopic (exact) mass is 615 g/mol. The summed E-state index contributed by atoms with van der Waals surface area (Å²) in [7, 11) is -3.58. The smallest absolute Gasteiger partial charge is 0.483 e. The number of likely N-dealkylation sites (tertiary alicyclic amines) is 1. The first-order valence-electron chi connectivity index (χ1n) is 11.8. The van der Waals surface area contributed by atoms with Crippen LogP contribution >= 0.6 is 0 Å². The summed E-state index contributed by atoms with van der Waals surface area (Å²) in [6.45, 7) is 6.54. The Hall–Kier alpha value is -3.44. The van der Waals surface area contributed by atoms with E-state index in [4.69, 9.17) is 24.5 Å². The van der Waals surface area contributed by atoms with Crippen LogP contribution in [0.3, 0.4) is 0 Å². The van der Waals surface area contributed by atoms with Gasteiger partial charge in [0.05, 0.1) is 6.54 Å². The lowest BCUT2D eigenvalue weighted by atomic mass is 10.0. The Labute approximate surface area is 231 Å². The summed E-state index contributed by atoms with van der Waals surface area (Å²) in [6, 6.07) is 10.9. The Bertz CT molecular complexity index is 1280. The fourth-order valence-corrected chi connectivity index (χ4v) is 5.82. The molecular weight excluding hydrogens is 588 g/mol. The van der Waals surface area contributed by atoms with Gasteiger partial charge < -0.3 is 14.9 Å². The molecule has 2 aliphatic heterocycles. The molecule has 0 amide bonds. The molecule has 1 aromatic carbocycles. The number of pyridine rings is 1. The van der Waals surface area contributed by atoms with Gasteiger partial charge in [-0.25, -0.2) is 18.0 Å². The largest absolute Gasteiger partial charge is 0.490 e. The number of carbonyl (C=O) groups is 2. The summed E-state index contributed by atoms with van der Waals surface area (Å²) in [5, 5.41) is 14.2. The maximum Gasteiger partial charge on any atom is 0.490 e. The van der Waals surface area contributed by atoms with E-state index in [9.17, 15) is 34.8 Å². The second kappa shape index (κ2) is 13.0. The van der Waals surface area contributed by atoms with Crippen LogP contribution in [0.4, 0.5) is 26.3 Å². The zero-order valence-corrected chi connectivity index (χ0v) is 22.5. The summed E-state index contributed by atoms with van der Waals surface area (Å²) in [6.07, 6.45) is -5.73. The fraction of sp³-hybridized carbons (Fsp3) is 0.458. The van der Waals surface area contributed by atoms with Crippen LogP contribution in [0.5, 0.6) is 5.75 Å². The van der Waals surface area contributed by atoms with Gasteiger partial charge in [0.25, 0.3) is 0 Å². The van der Waals surface area contributed by atoms with Crippen LogP contribution in [-0.2, 0) is 26.2 Å². The average molecular weight is 616 g/mol. The highest BCUT2D eigenvalue weighted by Gasteiger charge is 2.48. The molecule has 0 bridgehead atoms. The van der Waals surface area contributed by atoms with E-state index in [1.165, 1.54) is 0 Å². The number of alkyl halides is 6. The molecule has 1 saturated heterocycles. The molecule has 0 saturated carbocycles. The Kier molecular flexibility index (Phi) is 10.7. The van der Waals surface area contributed by atoms with E-state index in [-0.39, 0.29) is 10.9 Å². The van der Waals surface area contributed by atoms with Gasteiger partial charge in [-0.3, -0.25) is 9.88 Å². The number of ether oxygens (including phenoxy) is 1. The number of benzene rings is 1. The molecule has 17 heteroatoms. The number of para-hydroxylation sites is 1. The van der Waals surface area contributed by atoms with Crippen molar-refractivity contribution in [1.29, 1.82) is 0 Å². The maximum absolute atomic E-state index is 13.2. The minimum atomic E-state index is -5.08. The van der Waals surface area contributed by atoms with Gasteiger partial charge >= 0.3 is 24.3 Å². The molecule has 1 aromatic heterocycles. The Morgan fingerprint density at radius 1 is 1.00 bits per heavy atom. The van der Waals surface area contributed by atoms with E-state index in [1.54, 1.807) is 28.7 Å². The summed E-state index contributed by atoms with van der Waals surface area (Å²) in [5.41, 5.74) is 0.614. The van der Waals surface area contributed by atoms with Gasteiger partial charge in [0.2, 0.25) is 10.0 Å². The fourth-order valence-electron chi connectivity index (χ4n) is 3.99. The van der Waals surface area contributed by atoms with Crippen molar-refractivity contribution in [3.05, 3.63) is 54.4 Å². The first-order chi connectivity index (χ1) is 18.8. The maximum atomic E-state index is 13.2. The molecule has 3 heterocycles. The Morgan fingerprint density at radius 3 is 2.05 bits per heavy atom. The third-order valence-corrected chi connectivity index (χ3v) is 7.85. The van der Waals surface area contributed by atoms with Crippen LogP contribution < -0.4 is 4.74 Å². The molecule has 1 unspecified atom stereocenters. The zero-order chi connectivity index (χ0) is 31.2. The number of carboxylic acids is 2. The number of carboxylic acid groups (broad SMARTS) is 2. The highest BCUT2D eigenvalue weighted by molar-refractivity contribution is 7.89. The third-order valence-electron chi connectivity index (χ3n) is 5.79. The van der Waals surface area contributed by atoms with Crippen molar-refractivity contribution in [2.24, 2.45) is 0 Å². The molecule has 4 rings (SSSR count). The molecule has 1 fully saturated rings. The molecule has 1 atom stereocenters. The highest BCUT2D eigenvalue weighted by atomic mass is 32.2. The van der Waals surface area contributed by atoms with Crippen LogP contribution in [0.2, 0.25) is 0 Å². The predicted molar refractivity (Wildman–Crippen MR) is 130 cm³/mol. The van der Waals surface area contributed by atoms with Crippen LogP contribution in [0.25, 0.3) is 0 Å². The second-order valence-corrected chi connectivity index (χ2v) is 11.2. The lowest BCUT2D eigenvalue weighted by Crippen LogP contribution is -2.51. The number of nitrogens with zero attached hydrogens (tertiary/aromatic N) is 3. The first kappa shape index (κ1) is 33.8. The minimum Gasteiger partial charge on any atom is -0.483 e. The molecule has 2 aliphatic rings.